The topological polar surface area (TPSA) is 205 Å². The third-order valence-corrected chi connectivity index (χ3v) is 6.93. The van der Waals surface area contributed by atoms with Crippen molar-refractivity contribution < 1.29 is 68.0 Å². The van der Waals surface area contributed by atoms with Crippen molar-refractivity contribution in [2.45, 2.75) is 95.2 Å². The molecular formula is C31H38O14. The van der Waals surface area contributed by atoms with Crippen LogP contribution in [0.25, 0.3) is 6.08 Å². The van der Waals surface area contributed by atoms with E-state index in [9.17, 15) is 39.6 Å². The number of benzene rings is 1. The number of hydrogen-bond donors (Lipinski definition) is 4. The molecule has 2 saturated heterocycles. The maximum absolute atomic E-state index is 12.0. The fraction of sp³-hybridized carbons (Fsp3) is 0.548. The van der Waals surface area contributed by atoms with Crippen molar-refractivity contribution in [2.24, 2.45) is 0 Å². The smallest absolute Gasteiger partial charge is 0.303 e. The minimum atomic E-state index is -1.52. The molecule has 10 atom stereocenters. The zero-order chi connectivity index (χ0) is 33.3. The summed E-state index contributed by atoms with van der Waals surface area (Å²) in [5.74, 6) is 2.81. The molecule has 1 aromatic carbocycles. The van der Waals surface area contributed by atoms with Crippen LogP contribution >= 0.6 is 0 Å². The molecule has 0 spiro atoms. The Hall–Kier alpha value is -3.84. The number of carbonyl (C=O) groups is 4. The average molecular weight is 635 g/mol. The zero-order valence-electron chi connectivity index (χ0n) is 25.2. The molecule has 2 aliphatic heterocycles. The molecule has 0 saturated carbocycles. The molecular weight excluding hydrogens is 596 g/mol. The van der Waals surface area contributed by atoms with Gasteiger partial charge < -0.3 is 48.8 Å². The number of aliphatic hydroxyl groups excluding tert-OH is 4. The second kappa shape index (κ2) is 16.5. The van der Waals surface area contributed by atoms with Crippen LogP contribution in [0.1, 0.15) is 45.2 Å². The van der Waals surface area contributed by atoms with E-state index in [0.717, 1.165) is 19.4 Å². The van der Waals surface area contributed by atoms with Crippen molar-refractivity contribution in [3.8, 4) is 11.8 Å². The molecule has 2 fully saturated rings. The fourth-order valence-electron chi connectivity index (χ4n) is 4.90. The number of ether oxygens (including phenoxy) is 6. The van der Waals surface area contributed by atoms with Crippen LogP contribution < -0.4 is 0 Å². The Morgan fingerprint density at radius 2 is 1.33 bits per heavy atom. The van der Waals surface area contributed by atoms with Crippen LogP contribution in [-0.4, -0.2) is 119 Å². The van der Waals surface area contributed by atoms with Gasteiger partial charge in [0.2, 0.25) is 0 Å². The monoisotopic (exact) mass is 634 g/mol. The summed E-state index contributed by atoms with van der Waals surface area (Å²) >= 11 is 0. The lowest BCUT2D eigenvalue weighted by Crippen LogP contribution is -2.62. The molecule has 0 amide bonds. The van der Waals surface area contributed by atoms with Crippen molar-refractivity contribution in [3.63, 3.8) is 0 Å². The van der Waals surface area contributed by atoms with Crippen LogP contribution in [0.2, 0.25) is 0 Å². The summed E-state index contributed by atoms with van der Waals surface area (Å²) in [5.41, 5.74) is 1.31. The largest absolute Gasteiger partial charge is 0.463 e. The quantitative estimate of drug-likeness (QED) is 0.152. The lowest BCUT2D eigenvalue weighted by molar-refractivity contribution is -0.251. The highest BCUT2D eigenvalue weighted by atomic mass is 16.7. The van der Waals surface area contributed by atoms with Crippen molar-refractivity contribution in [2.75, 3.05) is 13.2 Å². The normalized spacial score (nSPS) is 31.3. The standard InChI is InChI=1S/C31H38O14/c1-16(33)40-15-25-30(42-18(3)35)31(43-19(4)36)29(41-17(2)34)23(45-25)7-5-6-20-8-10-21(11-9-20)12-13-22-26(37)28(39)27(38)24(14-32)44-22/h5-6,8-11,22-32,37-39H,7,14-15H2,1-4H3/t22-,23-,24-,25-,26-,27-,28-,29-,30-,31-/m1/s1. The molecule has 0 unspecified atom stereocenters. The number of hydrogen-bond acceptors (Lipinski definition) is 14. The summed E-state index contributed by atoms with van der Waals surface area (Å²) in [5, 5.41) is 39.3. The Morgan fingerprint density at radius 3 is 1.89 bits per heavy atom. The van der Waals surface area contributed by atoms with Crippen molar-refractivity contribution in [1.82, 2.24) is 0 Å². The van der Waals surface area contributed by atoms with E-state index in [1.807, 2.05) is 0 Å². The second-order valence-corrected chi connectivity index (χ2v) is 10.5. The molecule has 2 heterocycles. The summed E-state index contributed by atoms with van der Waals surface area (Å²) in [6.07, 6.45) is -8.56. The van der Waals surface area contributed by atoms with Crippen LogP contribution in [0.3, 0.4) is 0 Å². The first kappa shape index (κ1) is 35.6. The number of esters is 4. The van der Waals surface area contributed by atoms with Crippen molar-refractivity contribution in [1.29, 1.82) is 0 Å². The van der Waals surface area contributed by atoms with Gasteiger partial charge in [-0.25, -0.2) is 0 Å². The van der Waals surface area contributed by atoms with Crippen LogP contribution in [0.15, 0.2) is 30.3 Å². The molecule has 0 aromatic heterocycles. The minimum Gasteiger partial charge on any atom is -0.463 e. The van der Waals surface area contributed by atoms with Gasteiger partial charge in [-0.2, -0.15) is 0 Å². The van der Waals surface area contributed by atoms with E-state index >= 15 is 0 Å². The molecule has 3 rings (SSSR count). The summed E-state index contributed by atoms with van der Waals surface area (Å²) in [6.45, 7) is 3.80. The highest BCUT2D eigenvalue weighted by Gasteiger charge is 2.51. The molecule has 1 aromatic rings. The lowest BCUT2D eigenvalue weighted by atomic mass is 9.92. The summed E-state index contributed by atoms with van der Waals surface area (Å²) in [7, 11) is 0. The summed E-state index contributed by atoms with van der Waals surface area (Å²) in [6, 6.07) is 6.90. The number of carbonyl (C=O) groups excluding carboxylic acids is 4. The van der Waals surface area contributed by atoms with Gasteiger partial charge in [0, 0.05) is 33.3 Å². The Kier molecular flexibility index (Phi) is 13.0. The summed E-state index contributed by atoms with van der Waals surface area (Å²) in [4.78, 5) is 47.4. The van der Waals surface area contributed by atoms with Crippen LogP contribution in [-0.2, 0) is 47.6 Å². The molecule has 14 heteroatoms. The molecule has 4 N–H and O–H groups in total. The molecule has 14 nitrogen and oxygen atoms in total. The van der Waals surface area contributed by atoms with E-state index < -0.39 is 91.5 Å². The van der Waals surface area contributed by atoms with E-state index in [1.54, 1.807) is 36.4 Å². The van der Waals surface area contributed by atoms with Gasteiger partial charge in [-0.3, -0.25) is 19.2 Å². The van der Waals surface area contributed by atoms with E-state index in [1.165, 1.54) is 13.8 Å². The maximum atomic E-state index is 12.0. The SMILES string of the molecule is CC(=O)OC[C@H]1O[C@H](CC=Cc2ccc(C#C[C@H]3O[C@H](CO)[C@@H](O)[C@H](O)[C@@H]3O)cc2)[C@@H](OC(C)=O)[C@@H](OC(C)=O)[C@@H]1OC(C)=O. The molecule has 0 aliphatic carbocycles. The van der Waals surface area contributed by atoms with Gasteiger partial charge in [0.05, 0.1) is 6.61 Å². The molecule has 0 bridgehead atoms. The first-order valence-electron chi connectivity index (χ1n) is 14.2. The highest BCUT2D eigenvalue weighted by Crippen LogP contribution is 2.31. The first-order chi connectivity index (χ1) is 21.3. The van der Waals surface area contributed by atoms with Crippen LogP contribution in [0.5, 0.6) is 0 Å². The molecule has 45 heavy (non-hydrogen) atoms. The maximum Gasteiger partial charge on any atom is 0.303 e. The van der Waals surface area contributed by atoms with E-state index in [2.05, 4.69) is 11.8 Å². The third-order valence-electron chi connectivity index (χ3n) is 6.93. The van der Waals surface area contributed by atoms with E-state index in [4.69, 9.17) is 28.4 Å². The number of rotatable bonds is 9. The Morgan fingerprint density at radius 1 is 0.756 bits per heavy atom. The van der Waals surface area contributed by atoms with Gasteiger partial charge in [-0.05, 0) is 24.1 Å². The zero-order valence-corrected chi connectivity index (χ0v) is 25.2. The number of aliphatic hydroxyl groups is 4. The van der Waals surface area contributed by atoms with Gasteiger partial charge in [-0.1, -0.05) is 36.1 Å². The van der Waals surface area contributed by atoms with Gasteiger partial charge in [0.25, 0.3) is 0 Å². The second-order valence-electron chi connectivity index (χ2n) is 10.5. The minimum absolute atomic E-state index is 0.151. The third kappa shape index (κ3) is 10.1. The van der Waals surface area contributed by atoms with E-state index in [-0.39, 0.29) is 13.0 Å². The lowest BCUT2D eigenvalue weighted by Gasteiger charge is -2.44. The van der Waals surface area contributed by atoms with Gasteiger partial charge in [0.1, 0.15) is 49.3 Å². The molecule has 0 radical (unpaired) electrons. The first-order valence-corrected chi connectivity index (χ1v) is 14.2. The fourth-order valence-corrected chi connectivity index (χ4v) is 4.90. The Balaban J connectivity index is 1.77. The molecule has 2 aliphatic rings. The predicted octanol–water partition coefficient (Wildman–Crippen LogP) is -0.591. The predicted molar refractivity (Wildman–Crippen MR) is 153 cm³/mol. The summed E-state index contributed by atoms with van der Waals surface area (Å²) < 4.78 is 32.9. The highest BCUT2D eigenvalue weighted by molar-refractivity contribution is 5.68. The van der Waals surface area contributed by atoms with Crippen LogP contribution in [0, 0.1) is 11.8 Å². The molecule has 246 valence electrons. The van der Waals surface area contributed by atoms with Gasteiger partial charge in [0.15, 0.2) is 18.3 Å². The van der Waals surface area contributed by atoms with Crippen LogP contribution in [0.4, 0.5) is 0 Å². The van der Waals surface area contributed by atoms with Gasteiger partial charge in [-0.15, -0.1) is 0 Å². The average Bonchev–Trinajstić information content (AvgIpc) is 2.97. The Labute approximate surface area is 259 Å². The van der Waals surface area contributed by atoms with Crippen molar-refractivity contribution >= 4 is 30.0 Å². The Bertz CT molecular complexity index is 1280. The van der Waals surface area contributed by atoms with E-state index in [0.29, 0.717) is 5.56 Å². The van der Waals surface area contributed by atoms with Crippen molar-refractivity contribution in [3.05, 3.63) is 41.5 Å². The van der Waals surface area contributed by atoms with Gasteiger partial charge >= 0.3 is 23.9 Å².